The van der Waals surface area contributed by atoms with Crippen molar-refractivity contribution in [3.63, 3.8) is 0 Å². The van der Waals surface area contributed by atoms with Crippen molar-refractivity contribution in [2.75, 3.05) is 19.5 Å². The first-order valence-corrected chi connectivity index (χ1v) is 11.4. The predicted molar refractivity (Wildman–Crippen MR) is 124 cm³/mol. The van der Waals surface area contributed by atoms with Gasteiger partial charge in [-0.05, 0) is 24.3 Å². The van der Waals surface area contributed by atoms with Crippen molar-refractivity contribution >= 4 is 32.8 Å². The fraction of sp³-hybridized carbons (Fsp3) is 0.136. The van der Waals surface area contributed by atoms with Crippen LogP contribution < -0.4 is 24.5 Å². The zero-order valence-corrected chi connectivity index (χ0v) is 19.4. The molecule has 0 aliphatic carbocycles. The molecule has 0 aliphatic heterocycles. The Hall–Kier alpha value is -4.33. The van der Waals surface area contributed by atoms with E-state index in [9.17, 15) is 26.4 Å². The van der Waals surface area contributed by atoms with Gasteiger partial charge in [-0.2, -0.15) is 26.6 Å². The quantitative estimate of drug-likeness (QED) is 0.286. The number of nitrogens with one attached hydrogen (secondary N) is 1. The van der Waals surface area contributed by atoms with E-state index < -0.39 is 26.9 Å². The maximum Gasteiger partial charge on any atom is 0.534 e. The molecule has 0 saturated heterocycles. The third-order valence-electron chi connectivity index (χ3n) is 4.88. The highest BCUT2D eigenvalue weighted by atomic mass is 32.2. The molecule has 188 valence electrons. The molecule has 2 aromatic heterocycles. The second-order valence-electron chi connectivity index (χ2n) is 7.09. The van der Waals surface area contributed by atoms with Crippen LogP contribution in [0.15, 0.2) is 65.6 Å². The lowest BCUT2D eigenvalue weighted by molar-refractivity contribution is -0.0499. The Kier molecular flexibility index (Phi) is 6.45. The number of rotatable bonds is 7. The number of halogens is 3. The van der Waals surface area contributed by atoms with Gasteiger partial charge in [0.2, 0.25) is 5.95 Å². The molecule has 14 heteroatoms. The molecule has 1 N–H and O–H groups in total. The van der Waals surface area contributed by atoms with Crippen molar-refractivity contribution in [2.24, 2.45) is 0 Å². The van der Waals surface area contributed by atoms with Crippen molar-refractivity contribution in [1.82, 2.24) is 14.5 Å². The maximum atomic E-state index is 13.1. The van der Waals surface area contributed by atoms with Crippen LogP contribution >= 0.6 is 0 Å². The van der Waals surface area contributed by atoms with Crippen molar-refractivity contribution in [1.29, 1.82) is 0 Å². The molecule has 0 unspecified atom stereocenters. The van der Waals surface area contributed by atoms with E-state index in [2.05, 4.69) is 19.5 Å². The first-order valence-electron chi connectivity index (χ1n) is 10.0. The molecule has 36 heavy (non-hydrogen) atoms. The van der Waals surface area contributed by atoms with Gasteiger partial charge in [-0.25, -0.2) is 4.98 Å². The maximum absolute atomic E-state index is 13.1. The number of ether oxygens (including phenoxy) is 2. The Morgan fingerprint density at radius 3 is 2.25 bits per heavy atom. The Morgan fingerprint density at radius 2 is 1.58 bits per heavy atom. The molecular formula is C22H17F3N4O6S. The summed E-state index contributed by atoms with van der Waals surface area (Å²) in [5.74, 6) is -0.264. The summed E-state index contributed by atoms with van der Waals surface area (Å²) in [4.78, 5) is 21.4. The largest absolute Gasteiger partial charge is 0.534 e. The lowest BCUT2D eigenvalue weighted by Crippen LogP contribution is -2.29. The van der Waals surface area contributed by atoms with Gasteiger partial charge in [-0.15, -0.1) is 0 Å². The molecule has 4 aromatic rings. The van der Waals surface area contributed by atoms with Crippen LogP contribution in [0.5, 0.6) is 17.2 Å². The number of pyridine rings is 1. The number of aromatic nitrogens is 3. The first kappa shape index (κ1) is 24.8. The average molecular weight is 522 g/mol. The van der Waals surface area contributed by atoms with E-state index >= 15 is 0 Å². The summed E-state index contributed by atoms with van der Waals surface area (Å²) in [6.45, 7) is 0. The third kappa shape index (κ3) is 4.62. The van der Waals surface area contributed by atoms with Crippen molar-refractivity contribution in [3.8, 4) is 22.9 Å². The summed E-state index contributed by atoms with van der Waals surface area (Å²) in [5, 5.41) is 2.62. The molecular weight excluding hydrogens is 505 g/mol. The molecule has 0 radical (unpaired) electrons. The lowest BCUT2D eigenvalue weighted by Gasteiger charge is -2.17. The van der Waals surface area contributed by atoms with Gasteiger partial charge in [-0.3, -0.25) is 9.36 Å². The first-order chi connectivity index (χ1) is 17.1. The standard InChI is InChI=1S/C22H17F3N4O6S/c1-33-16-9-5-3-7-14(16)27-21-26-12-13-18(35-36(31,32)22(23,24)25)11-19(30)29(20(13)28-21)15-8-4-6-10-17(15)34-2/h3-12H,1-2H3,(H,26,27,28). The fourth-order valence-electron chi connectivity index (χ4n) is 3.29. The fourth-order valence-corrected chi connectivity index (χ4v) is 3.75. The number of benzene rings is 2. The highest BCUT2D eigenvalue weighted by molar-refractivity contribution is 7.88. The van der Waals surface area contributed by atoms with Crippen molar-refractivity contribution in [3.05, 3.63) is 71.1 Å². The average Bonchev–Trinajstić information content (AvgIpc) is 2.83. The van der Waals surface area contributed by atoms with E-state index in [0.29, 0.717) is 17.5 Å². The van der Waals surface area contributed by atoms with Crippen LogP contribution in [0.3, 0.4) is 0 Å². The van der Waals surface area contributed by atoms with Gasteiger partial charge >= 0.3 is 15.6 Å². The van der Waals surface area contributed by atoms with Crippen LogP contribution in [0.1, 0.15) is 0 Å². The molecule has 2 heterocycles. The van der Waals surface area contributed by atoms with Gasteiger partial charge in [0.05, 0.1) is 31.0 Å². The molecule has 0 amide bonds. The van der Waals surface area contributed by atoms with Crippen molar-refractivity contribution in [2.45, 2.75) is 5.51 Å². The van der Waals surface area contributed by atoms with Gasteiger partial charge in [0.25, 0.3) is 5.56 Å². The highest BCUT2D eigenvalue weighted by Crippen LogP contribution is 2.33. The van der Waals surface area contributed by atoms with E-state index in [0.717, 1.165) is 10.8 Å². The van der Waals surface area contributed by atoms with Gasteiger partial charge < -0.3 is 19.0 Å². The van der Waals surface area contributed by atoms with Crippen LogP contribution in [0.25, 0.3) is 16.7 Å². The minimum absolute atomic E-state index is 0.0640. The molecule has 2 aromatic carbocycles. The number of anilines is 2. The number of para-hydroxylation sites is 4. The van der Waals surface area contributed by atoms with E-state index in [4.69, 9.17) is 9.47 Å². The van der Waals surface area contributed by atoms with Gasteiger partial charge in [-0.1, -0.05) is 24.3 Å². The molecule has 10 nitrogen and oxygen atoms in total. The zero-order chi connectivity index (χ0) is 26.1. The monoisotopic (exact) mass is 522 g/mol. The predicted octanol–water partition coefficient (Wildman–Crippen LogP) is 3.77. The Balaban J connectivity index is 1.97. The highest BCUT2D eigenvalue weighted by Gasteiger charge is 2.49. The Labute approximate surface area is 202 Å². The second-order valence-corrected chi connectivity index (χ2v) is 8.63. The van der Waals surface area contributed by atoms with Gasteiger partial charge in [0.15, 0.2) is 11.4 Å². The smallest absolute Gasteiger partial charge is 0.495 e. The zero-order valence-electron chi connectivity index (χ0n) is 18.6. The Morgan fingerprint density at radius 1 is 0.944 bits per heavy atom. The number of hydrogen-bond acceptors (Lipinski definition) is 9. The summed E-state index contributed by atoms with van der Waals surface area (Å²) >= 11 is 0. The SMILES string of the molecule is COc1ccccc1Nc1ncc2c(OS(=O)(=O)C(F)(F)F)cc(=O)n(-c3ccccc3OC)c2n1. The van der Waals surface area contributed by atoms with Crippen LogP contribution in [-0.2, 0) is 10.1 Å². The number of fused-ring (bicyclic) bond motifs is 1. The number of methoxy groups -OCH3 is 2. The van der Waals surface area contributed by atoms with Gasteiger partial charge in [0.1, 0.15) is 11.5 Å². The minimum Gasteiger partial charge on any atom is -0.495 e. The molecule has 0 bridgehead atoms. The number of nitrogens with zero attached hydrogens (tertiary/aromatic N) is 3. The van der Waals surface area contributed by atoms with E-state index in [1.807, 2.05) is 0 Å². The van der Waals surface area contributed by atoms with Crippen molar-refractivity contribution < 1.29 is 35.2 Å². The molecule has 0 saturated carbocycles. The summed E-state index contributed by atoms with van der Waals surface area (Å²) in [7, 11) is -3.26. The summed E-state index contributed by atoms with van der Waals surface area (Å²) in [6.07, 6.45) is 1.03. The Bertz CT molecular complexity index is 1610. The molecule has 4 rings (SSSR count). The lowest BCUT2D eigenvalue weighted by atomic mass is 10.2. The van der Waals surface area contributed by atoms with Crippen LogP contribution in [0.2, 0.25) is 0 Å². The van der Waals surface area contributed by atoms with E-state index in [1.165, 1.54) is 20.3 Å². The van der Waals surface area contributed by atoms with E-state index in [-0.39, 0.29) is 28.4 Å². The van der Waals surface area contributed by atoms with Crippen LogP contribution in [0, 0.1) is 0 Å². The molecule has 0 aliphatic rings. The topological polar surface area (TPSA) is 122 Å². The molecule has 0 spiro atoms. The van der Waals surface area contributed by atoms with Crippen LogP contribution in [-0.4, -0.2) is 42.7 Å². The molecule has 0 fully saturated rings. The van der Waals surface area contributed by atoms with E-state index in [1.54, 1.807) is 42.5 Å². The normalized spacial score (nSPS) is 11.8. The minimum atomic E-state index is -6.08. The second kappa shape index (κ2) is 9.37. The van der Waals surface area contributed by atoms with Gasteiger partial charge in [0, 0.05) is 12.3 Å². The summed E-state index contributed by atoms with van der Waals surface area (Å²) in [5.41, 5.74) is -6.24. The number of alkyl halides is 3. The summed E-state index contributed by atoms with van der Waals surface area (Å²) < 4.78 is 78.2. The van der Waals surface area contributed by atoms with Crippen LogP contribution in [0.4, 0.5) is 24.8 Å². The third-order valence-corrected chi connectivity index (χ3v) is 5.85. The molecule has 0 atom stereocenters. The summed E-state index contributed by atoms with van der Waals surface area (Å²) in [6, 6.07) is 13.7. The number of hydrogen-bond donors (Lipinski definition) is 1.